The van der Waals surface area contributed by atoms with Crippen LogP contribution in [0.2, 0.25) is 0 Å². The molecular weight excluding hydrogens is 279 g/mol. The minimum Gasteiger partial charge on any atom is -0.389 e. The number of nitrogens with zero attached hydrogens (tertiary/aromatic N) is 2. The molecule has 0 saturated heterocycles. The van der Waals surface area contributed by atoms with Crippen LogP contribution in [0.4, 0.5) is 10.2 Å². The van der Waals surface area contributed by atoms with Crippen molar-refractivity contribution < 1.29 is 9.18 Å². The number of nitrogens with one attached hydrogen (secondary N) is 1. The van der Waals surface area contributed by atoms with Crippen LogP contribution < -0.4 is 11.1 Å². The number of carbonyl (C=O) groups excluding carboxylic acids is 1. The molecule has 0 aliphatic carbocycles. The fourth-order valence-corrected chi connectivity index (χ4v) is 1.93. The fraction of sp³-hybridized carbons (Fsp3) is 0.154. The van der Waals surface area contributed by atoms with Crippen molar-refractivity contribution in [3.8, 4) is 0 Å². The molecule has 2 aromatic rings. The summed E-state index contributed by atoms with van der Waals surface area (Å²) in [5.41, 5.74) is 6.95. The summed E-state index contributed by atoms with van der Waals surface area (Å²) in [4.78, 5) is 12.3. The average Bonchev–Trinajstić information content (AvgIpc) is 2.74. The molecule has 7 heteroatoms. The van der Waals surface area contributed by atoms with Crippen molar-refractivity contribution in [1.82, 2.24) is 9.78 Å². The lowest BCUT2D eigenvalue weighted by Gasteiger charge is -2.09. The molecule has 5 nitrogen and oxygen atoms in total. The highest BCUT2D eigenvalue weighted by Gasteiger charge is 2.16. The van der Waals surface area contributed by atoms with Crippen molar-refractivity contribution in [2.45, 2.75) is 6.92 Å². The SMILES string of the molecule is Cc1ccc(F)cc1C(=O)Nc1c(C(N)=S)cnn1C. The zero-order chi connectivity index (χ0) is 14.9. The molecule has 0 radical (unpaired) electrons. The van der Waals surface area contributed by atoms with E-state index in [-0.39, 0.29) is 10.6 Å². The topological polar surface area (TPSA) is 72.9 Å². The van der Waals surface area contributed by atoms with Crippen LogP contribution >= 0.6 is 12.2 Å². The molecule has 0 bridgehead atoms. The summed E-state index contributed by atoms with van der Waals surface area (Å²) >= 11 is 4.89. The van der Waals surface area contributed by atoms with E-state index in [2.05, 4.69) is 10.4 Å². The van der Waals surface area contributed by atoms with Crippen molar-refractivity contribution in [2.24, 2.45) is 12.8 Å². The van der Waals surface area contributed by atoms with Gasteiger partial charge >= 0.3 is 0 Å². The van der Waals surface area contributed by atoms with Gasteiger partial charge in [-0.2, -0.15) is 5.10 Å². The van der Waals surface area contributed by atoms with E-state index in [1.54, 1.807) is 20.0 Å². The first-order valence-electron chi connectivity index (χ1n) is 5.79. The van der Waals surface area contributed by atoms with Crippen LogP contribution in [-0.2, 0) is 7.05 Å². The van der Waals surface area contributed by atoms with Gasteiger partial charge in [-0.15, -0.1) is 0 Å². The molecule has 1 amide bonds. The normalized spacial score (nSPS) is 10.3. The van der Waals surface area contributed by atoms with Gasteiger partial charge < -0.3 is 11.1 Å². The number of hydrogen-bond donors (Lipinski definition) is 2. The van der Waals surface area contributed by atoms with Gasteiger partial charge in [-0.3, -0.25) is 9.48 Å². The zero-order valence-corrected chi connectivity index (χ0v) is 11.8. The van der Waals surface area contributed by atoms with Gasteiger partial charge in [0.05, 0.1) is 11.8 Å². The van der Waals surface area contributed by atoms with E-state index in [1.807, 2.05) is 0 Å². The van der Waals surface area contributed by atoms with Gasteiger partial charge in [0.1, 0.15) is 16.6 Å². The Balaban J connectivity index is 2.35. The summed E-state index contributed by atoms with van der Waals surface area (Å²) in [5, 5.41) is 6.64. The number of rotatable bonds is 3. The number of benzene rings is 1. The average molecular weight is 292 g/mol. The zero-order valence-electron chi connectivity index (χ0n) is 11.0. The third kappa shape index (κ3) is 2.67. The van der Waals surface area contributed by atoms with Crippen LogP contribution in [0.25, 0.3) is 0 Å². The summed E-state index contributed by atoms with van der Waals surface area (Å²) in [7, 11) is 1.65. The van der Waals surface area contributed by atoms with Gasteiger partial charge in [-0.25, -0.2) is 4.39 Å². The van der Waals surface area contributed by atoms with E-state index in [4.69, 9.17) is 18.0 Å². The lowest BCUT2D eigenvalue weighted by atomic mass is 10.1. The van der Waals surface area contributed by atoms with E-state index in [0.717, 1.165) is 0 Å². The standard InChI is InChI=1S/C13H13FN4OS/c1-7-3-4-8(14)5-9(7)13(19)17-12-10(11(15)20)6-16-18(12)2/h3-6H,1-2H3,(H2,15,20)(H,17,19). The second-order valence-corrected chi connectivity index (χ2v) is 4.75. The monoisotopic (exact) mass is 292 g/mol. The first-order chi connectivity index (χ1) is 9.40. The summed E-state index contributed by atoms with van der Waals surface area (Å²) in [6.07, 6.45) is 1.47. The second-order valence-electron chi connectivity index (χ2n) is 4.31. The second kappa shape index (κ2) is 5.38. The predicted octanol–water partition coefficient (Wildman–Crippen LogP) is 1.75. The molecule has 3 N–H and O–H groups in total. The predicted molar refractivity (Wildman–Crippen MR) is 78.2 cm³/mol. The largest absolute Gasteiger partial charge is 0.389 e. The molecule has 0 atom stereocenters. The molecule has 0 unspecified atom stereocenters. The Kier molecular flexibility index (Phi) is 3.80. The van der Waals surface area contributed by atoms with E-state index < -0.39 is 11.7 Å². The Morgan fingerprint density at radius 1 is 1.45 bits per heavy atom. The van der Waals surface area contributed by atoms with Crippen molar-refractivity contribution in [2.75, 3.05) is 5.32 Å². The Morgan fingerprint density at radius 3 is 2.80 bits per heavy atom. The van der Waals surface area contributed by atoms with Crippen molar-refractivity contribution >= 4 is 28.9 Å². The number of anilines is 1. The number of aryl methyl sites for hydroxylation is 2. The first kappa shape index (κ1) is 14.1. The van der Waals surface area contributed by atoms with Crippen LogP contribution in [0.5, 0.6) is 0 Å². The maximum atomic E-state index is 13.2. The molecular formula is C13H13FN4OS. The minimum atomic E-state index is -0.472. The smallest absolute Gasteiger partial charge is 0.257 e. The summed E-state index contributed by atoms with van der Waals surface area (Å²) in [6, 6.07) is 4.03. The maximum Gasteiger partial charge on any atom is 0.257 e. The summed E-state index contributed by atoms with van der Waals surface area (Å²) in [5.74, 6) is -0.533. The van der Waals surface area contributed by atoms with Crippen molar-refractivity contribution in [3.63, 3.8) is 0 Å². The molecule has 104 valence electrons. The van der Waals surface area contributed by atoms with Gasteiger partial charge in [-0.1, -0.05) is 18.3 Å². The number of amides is 1. The molecule has 0 aliphatic rings. The van der Waals surface area contributed by atoms with E-state index >= 15 is 0 Å². The van der Waals surface area contributed by atoms with Crippen LogP contribution in [0.15, 0.2) is 24.4 Å². The molecule has 2 rings (SSSR count). The number of carbonyl (C=O) groups is 1. The van der Waals surface area contributed by atoms with E-state index in [9.17, 15) is 9.18 Å². The summed E-state index contributed by atoms with van der Waals surface area (Å²) in [6.45, 7) is 1.73. The van der Waals surface area contributed by atoms with Gasteiger partial charge in [0.25, 0.3) is 5.91 Å². The highest BCUT2D eigenvalue weighted by molar-refractivity contribution is 7.80. The van der Waals surface area contributed by atoms with Crippen LogP contribution in [0.1, 0.15) is 21.5 Å². The number of halogens is 1. The molecule has 0 saturated carbocycles. The van der Waals surface area contributed by atoms with E-state index in [1.165, 1.54) is 23.0 Å². The number of nitrogens with two attached hydrogens (primary N) is 1. The minimum absolute atomic E-state index is 0.129. The third-order valence-corrected chi connectivity index (χ3v) is 3.10. The van der Waals surface area contributed by atoms with Gasteiger partial charge in [-0.05, 0) is 24.6 Å². The first-order valence-corrected chi connectivity index (χ1v) is 6.20. The van der Waals surface area contributed by atoms with Gasteiger partial charge in [0.2, 0.25) is 0 Å². The van der Waals surface area contributed by atoms with Crippen LogP contribution in [0.3, 0.4) is 0 Å². The molecule has 20 heavy (non-hydrogen) atoms. The van der Waals surface area contributed by atoms with Crippen LogP contribution in [-0.4, -0.2) is 20.7 Å². The Bertz CT molecular complexity index is 696. The fourth-order valence-electron chi connectivity index (χ4n) is 1.78. The number of thiocarbonyl (C=S) groups is 1. The molecule has 0 fully saturated rings. The Morgan fingerprint density at radius 2 is 2.15 bits per heavy atom. The van der Waals surface area contributed by atoms with Crippen LogP contribution in [0, 0.1) is 12.7 Å². The number of hydrogen-bond acceptors (Lipinski definition) is 3. The summed E-state index contributed by atoms with van der Waals surface area (Å²) < 4.78 is 14.7. The molecule has 1 aromatic heterocycles. The lowest BCUT2D eigenvalue weighted by molar-refractivity contribution is 0.102. The van der Waals surface area contributed by atoms with Crippen molar-refractivity contribution in [1.29, 1.82) is 0 Å². The number of aromatic nitrogens is 2. The Hall–Kier alpha value is -2.28. The Labute approximate surface area is 120 Å². The molecule has 0 spiro atoms. The van der Waals surface area contributed by atoms with Gasteiger partial charge in [0.15, 0.2) is 0 Å². The maximum absolute atomic E-state index is 13.2. The highest BCUT2D eigenvalue weighted by atomic mass is 32.1. The quantitative estimate of drug-likeness (QED) is 0.845. The molecule has 0 aliphatic heterocycles. The lowest BCUT2D eigenvalue weighted by Crippen LogP contribution is -2.19. The van der Waals surface area contributed by atoms with Gasteiger partial charge in [0, 0.05) is 12.6 Å². The third-order valence-electron chi connectivity index (χ3n) is 2.88. The molecule has 1 aromatic carbocycles. The van der Waals surface area contributed by atoms with E-state index in [0.29, 0.717) is 16.9 Å². The van der Waals surface area contributed by atoms with Crippen molar-refractivity contribution in [3.05, 3.63) is 46.9 Å². The highest BCUT2D eigenvalue weighted by Crippen LogP contribution is 2.17. The molecule has 1 heterocycles.